The number of non-ortho nitro benzene ring substituents is 1. The Kier molecular flexibility index (Phi) is 5.45. The lowest BCUT2D eigenvalue weighted by molar-refractivity contribution is -0.384. The maximum absolute atomic E-state index is 11.9. The predicted molar refractivity (Wildman–Crippen MR) is 91.4 cm³/mol. The Balaban J connectivity index is 1.91. The Labute approximate surface area is 141 Å². The fourth-order valence-electron chi connectivity index (χ4n) is 1.64. The number of carbonyl (C=O) groups is 1. The van der Waals surface area contributed by atoms with Crippen molar-refractivity contribution in [3.63, 3.8) is 0 Å². The molecule has 23 heavy (non-hydrogen) atoms. The molecule has 2 aromatic carbocycles. The van der Waals surface area contributed by atoms with Crippen LogP contribution in [-0.4, -0.2) is 15.9 Å². The smallest absolute Gasteiger partial charge is 0.270 e. The van der Waals surface area contributed by atoms with Crippen molar-refractivity contribution in [2.45, 2.75) is 0 Å². The highest BCUT2D eigenvalue weighted by molar-refractivity contribution is 7.80. The standard InChI is InChI=1S/C14H11ClN4O3S/c15-10-4-6-11(7-5-10)16-14(23)18-17-13(20)9-2-1-3-12(8-9)19(21)22/h1-8H,(H,17,20)(H2,16,18,23). The van der Waals surface area contributed by atoms with Gasteiger partial charge in [0.15, 0.2) is 5.11 Å². The molecule has 3 N–H and O–H groups in total. The maximum Gasteiger partial charge on any atom is 0.270 e. The number of nitrogens with zero attached hydrogens (tertiary/aromatic N) is 1. The van der Waals surface area contributed by atoms with Crippen LogP contribution in [0.1, 0.15) is 10.4 Å². The molecule has 7 nitrogen and oxygen atoms in total. The predicted octanol–water partition coefficient (Wildman–Crippen LogP) is 2.88. The van der Waals surface area contributed by atoms with Crippen molar-refractivity contribution in [1.29, 1.82) is 0 Å². The van der Waals surface area contributed by atoms with E-state index in [1.165, 1.54) is 24.3 Å². The van der Waals surface area contributed by atoms with Crippen LogP contribution in [-0.2, 0) is 0 Å². The Morgan fingerprint density at radius 3 is 2.48 bits per heavy atom. The highest BCUT2D eigenvalue weighted by Gasteiger charge is 2.11. The lowest BCUT2D eigenvalue weighted by atomic mass is 10.2. The van der Waals surface area contributed by atoms with Gasteiger partial charge in [0.05, 0.1) is 4.92 Å². The number of rotatable bonds is 3. The number of amides is 1. The van der Waals surface area contributed by atoms with E-state index in [1.807, 2.05) is 0 Å². The molecular formula is C14H11ClN4O3S. The van der Waals surface area contributed by atoms with Gasteiger partial charge in [-0.15, -0.1) is 0 Å². The van der Waals surface area contributed by atoms with Crippen LogP contribution in [0.3, 0.4) is 0 Å². The normalized spacial score (nSPS) is 9.78. The first-order valence-corrected chi connectivity index (χ1v) is 7.11. The van der Waals surface area contributed by atoms with Gasteiger partial charge in [0.2, 0.25) is 0 Å². The third kappa shape index (κ3) is 4.90. The van der Waals surface area contributed by atoms with E-state index in [1.54, 1.807) is 24.3 Å². The van der Waals surface area contributed by atoms with E-state index in [0.717, 1.165) is 0 Å². The van der Waals surface area contributed by atoms with Gasteiger partial charge in [0.1, 0.15) is 0 Å². The van der Waals surface area contributed by atoms with Crippen LogP contribution in [0.15, 0.2) is 48.5 Å². The molecular weight excluding hydrogens is 340 g/mol. The van der Waals surface area contributed by atoms with E-state index in [4.69, 9.17) is 23.8 Å². The molecule has 9 heteroatoms. The van der Waals surface area contributed by atoms with Gasteiger partial charge >= 0.3 is 0 Å². The van der Waals surface area contributed by atoms with E-state index in [2.05, 4.69) is 16.2 Å². The number of nitro benzene ring substituents is 1. The minimum absolute atomic E-state index is 0.140. The second kappa shape index (κ2) is 7.52. The van der Waals surface area contributed by atoms with Crippen LogP contribution < -0.4 is 16.2 Å². The molecule has 0 aliphatic carbocycles. The molecule has 0 atom stereocenters. The Morgan fingerprint density at radius 1 is 1.13 bits per heavy atom. The van der Waals surface area contributed by atoms with E-state index < -0.39 is 10.8 Å². The fraction of sp³-hybridized carbons (Fsp3) is 0. The van der Waals surface area contributed by atoms with Crippen molar-refractivity contribution in [2.24, 2.45) is 0 Å². The number of nitrogens with one attached hydrogen (secondary N) is 3. The topological polar surface area (TPSA) is 96.3 Å². The van der Waals surface area contributed by atoms with Gasteiger partial charge in [0.25, 0.3) is 11.6 Å². The highest BCUT2D eigenvalue weighted by Crippen LogP contribution is 2.14. The van der Waals surface area contributed by atoms with Crippen LogP contribution in [0.2, 0.25) is 5.02 Å². The quantitative estimate of drug-likeness (QED) is 0.447. The van der Waals surface area contributed by atoms with E-state index in [-0.39, 0.29) is 16.4 Å². The number of hydrogen-bond donors (Lipinski definition) is 3. The van der Waals surface area contributed by atoms with E-state index in [0.29, 0.717) is 10.7 Å². The first kappa shape index (κ1) is 16.7. The number of anilines is 1. The van der Waals surface area contributed by atoms with Crippen LogP contribution in [0, 0.1) is 10.1 Å². The van der Waals surface area contributed by atoms with E-state index in [9.17, 15) is 14.9 Å². The lowest BCUT2D eigenvalue weighted by Gasteiger charge is -2.11. The van der Waals surface area contributed by atoms with Gasteiger partial charge in [-0.05, 0) is 42.5 Å². The molecule has 0 aliphatic rings. The van der Waals surface area contributed by atoms with Crippen molar-refractivity contribution in [3.8, 4) is 0 Å². The Bertz CT molecular complexity index is 752. The Morgan fingerprint density at radius 2 is 1.83 bits per heavy atom. The zero-order chi connectivity index (χ0) is 16.8. The summed E-state index contributed by atoms with van der Waals surface area (Å²) < 4.78 is 0. The van der Waals surface area contributed by atoms with Gasteiger partial charge < -0.3 is 5.32 Å². The first-order chi connectivity index (χ1) is 11.0. The molecule has 0 aliphatic heterocycles. The summed E-state index contributed by atoms with van der Waals surface area (Å²) >= 11 is 10.8. The average Bonchev–Trinajstić information content (AvgIpc) is 2.55. The average molecular weight is 351 g/mol. The minimum atomic E-state index is -0.572. The summed E-state index contributed by atoms with van der Waals surface area (Å²) in [6.45, 7) is 0. The van der Waals surface area contributed by atoms with Gasteiger partial charge in [-0.2, -0.15) is 0 Å². The number of hydrogen-bond acceptors (Lipinski definition) is 4. The van der Waals surface area contributed by atoms with Gasteiger partial charge in [-0.25, -0.2) is 0 Å². The molecule has 0 spiro atoms. The number of halogens is 1. The van der Waals surface area contributed by atoms with Gasteiger partial charge in [0, 0.05) is 28.4 Å². The maximum atomic E-state index is 11.9. The molecule has 0 radical (unpaired) electrons. The van der Waals surface area contributed by atoms with Crippen LogP contribution in [0.4, 0.5) is 11.4 Å². The molecule has 0 saturated heterocycles. The number of thiocarbonyl (C=S) groups is 1. The Hall–Kier alpha value is -2.71. The molecule has 0 unspecified atom stereocenters. The monoisotopic (exact) mass is 350 g/mol. The molecule has 0 fully saturated rings. The minimum Gasteiger partial charge on any atom is -0.331 e. The number of nitro groups is 1. The second-order valence-corrected chi connectivity index (χ2v) is 5.19. The van der Waals surface area contributed by atoms with Crippen molar-refractivity contribution in [2.75, 3.05) is 5.32 Å². The first-order valence-electron chi connectivity index (χ1n) is 6.33. The third-order valence-electron chi connectivity index (χ3n) is 2.71. The molecule has 2 rings (SSSR count). The SMILES string of the molecule is O=C(NNC(=S)Nc1ccc(Cl)cc1)c1cccc([N+](=O)[O-])c1. The summed E-state index contributed by atoms with van der Waals surface area (Å²) in [5, 5.41) is 14.3. The fourth-order valence-corrected chi connectivity index (χ4v) is 1.94. The molecule has 0 heterocycles. The molecule has 2 aromatic rings. The molecule has 1 amide bonds. The summed E-state index contributed by atoms with van der Waals surface area (Å²) in [4.78, 5) is 22.0. The number of benzene rings is 2. The number of hydrazine groups is 1. The van der Waals surface area contributed by atoms with E-state index >= 15 is 0 Å². The lowest BCUT2D eigenvalue weighted by Crippen LogP contribution is -2.43. The molecule has 0 bridgehead atoms. The largest absolute Gasteiger partial charge is 0.331 e. The summed E-state index contributed by atoms with van der Waals surface area (Å²) in [6, 6.07) is 12.2. The highest BCUT2D eigenvalue weighted by atomic mass is 35.5. The van der Waals surface area contributed by atoms with Crippen molar-refractivity contribution >= 4 is 46.2 Å². The van der Waals surface area contributed by atoms with Crippen molar-refractivity contribution in [3.05, 3.63) is 69.2 Å². The summed E-state index contributed by atoms with van der Waals surface area (Å²) in [5.74, 6) is -0.547. The van der Waals surface area contributed by atoms with Crippen LogP contribution in [0.5, 0.6) is 0 Å². The van der Waals surface area contributed by atoms with Crippen LogP contribution >= 0.6 is 23.8 Å². The summed E-state index contributed by atoms with van der Waals surface area (Å²) in [6.07, 6.45) is 0. The number of carbonyl (C=O) groups excluding carboxylic acids is 1. The third-order valence-corrected chi connectivity index (χ3v) is 3.17. The summed E-state index contributed by atoms with van der Waals surface area (Å²) in [5.41, 5.74) is 5.53. The zero-order valence-corrected chi connectivity index (χ0v) is 13.1. The van der Waals surface area contributed by atoms with Gasteiger partial charge in [-0.1, -0.05) is 17.7 Å². The van der Waals surface area contributed by atoms with Crippen LogP contribution in [0.25, 0.3) is 0 Å². The molecule has 0 saturated carbocycles. The molecule has 0 aromatic heterocycles. The zero-order valence-electron chi connectivity index (χ0n) is 11.6. The molecule has 118 valence electrons. The second-order valence-electron chi connectivity index (χ2n) is 4.35. The van der Waals surface area contributed by atoms with Crippen molar-refractivity contribution in [1.82, 2.24) is 10.9 Å². The van der Waals surface area contributed by atoms with Gasteiger partial charge in [-0.3, -0.25) is 25.8 Å². The van der Waals surface area contributed by atoms with Crippen molar-refractivity contribution < 1.29 is 9.72 Å². The summed E-state index contributed by atoms with van der Waals surface area (Å²) in [7, 11) is 0.